The molecule has 21 heavy (non-hydrogen) atoms. The molecule has 0 fully saturated rings. The van der Waals surface area contributed by atoms with Crippen LogP contribution in [0, 0.1) is 0 Å². The Bertz CT molecular complexity index is 748. The van der Waals surface area contributed by atoms with Crippen molar-refractivity contribution in [2.24, 2.45) is 7.05 Å². The average Bonchev–Trinajstić information content (AvgIpc) is 3.09. The number of rotatable bonds is 4. The van der Waals surface area contributed by atoms with Gasteiger partial charge in [-0.3, -0.25) is 14.8 Å². The smallest absolute Gasteiger partial charge is 0.322 e. The first-order valence-corrected chi connectivity index (χ1v) is 6.38. The van der Waals surface area contributed by atoms with Crippen LogP contribution in [0.5, 0.6) is 0 Å². The Morgan fingerprint density at radius 2 is 2.05 bits per heavy atom. The van der Waals surface area contributed by atoms with Gasteiger partial charge in [0.15, 0.2) is 0 Å². The Hall–Kier alpha value is -2.96. The molecule has 1 N–H and O–H groups in total. The molecule has 2 heterocycles. The molecule has 3 aromatic rings. The fourth-order valence-electron chi connectivity index (χ4n) is 1.85. The topological polar surface area (TPSA) is 85.8 Å². The van der Waals surface area contributed by atoms with E-state index in [4.69, 9.17) is 4.42 Å². The van der Waals surface area contributed by atoms with Crippen LogP contribution in [0.1, 0.15) is 5.56 Å². The summed E-state index contributed by atoms with van der Waals surface area (Å²) in [7, 11) is 1.79. The number of anilines is 1. The summed E-state index contributed by atoms with van der Waals surface area (Å²) in [6.45, 7) is 0. The number of aromatic nitrogens is 4. The van der Waals surface area contributed by atoms with Crippen molar-refractivity contribution in [1.29, 1.82) is 0 Å². The summed E-state index contributed by atoms with van der Waals surface area (Å²) in [5.41, 5.74) is 1.48. The maximum absolute atomic E-state index is 11.9. The van der Waals surface area contributed by atoms with Gasteiger partial charge in [0.05, 0.1) is 6.42 Å². The van der Waals surface area contributed by atoms with Crippen molar-refractivity contribution in [3.63, 3.8) is 0 Å². The number of nitrogens with one attached hydrogen (secondary N) is 1. The number of amides is 1. The molecule has 1 aromatic carbocycles. The van der Waals surface area contributed by atoms with E-state index in [9.17, 15) is 4.79 Å². The number of aryl methyl sites for hydroxylation is 1. The van der Waals surface area contributed by atoms with Crippen molar-refractivity contribution in [1.82, 2.24) is 20.0 Å². The van der Waals surface area contributed by atoms with Gasteiger partial charge in [-0.2, -0.15) is 5.10 Å². The van der Waals surface area contributed by atoms with Crippen molar-refractivity contribution < 1.29 is 9.21 Å². The highest BCUT2D eigenvalue weighted by atomic mass is 16.4. The second-order valence-electron chi connectivity index (χ2n) is 4.50. The van der Waals surface area contributed by atoms with Crippen molar-refractivity contribution in [2.45, 2.75) is 6.42 Å². The van der Waals surface area contributed by atoms with Crippen molar-refractivity contribution >= 4 is 11.9 Å². The molecule has 0 aliphatic heterocycles. The van der Waals surface area contributed by atoms with Gasteiger partial charge in [0.1, 0.15) is 5.69 Å². The van der Waals surface area contributed by atoms with Gasteiger partial charge in [0.2, 0.25) is 5.91 Å². The summed E-state index contributed by atoms with van der Waals surface area (Å²) in [4.78, 5) is 11.9. The van der Waals surface area contributed by atoms with Crippen LogP contribution in [0.4, 0.5) is 6.01 Å². The van der Waals surface area contributed by atoms with E-state index in [1.807, 2.05) is 30.3 Å². The maximum atomic E-state index is 11.9. The van der Waals surface area contributed by atoms with E-state index in [0.717, 1.165) is 5.56 Å². The van der Waals surface area contributed by atoms with Crippen LogP contribution in [0.3, 0.4) is 0 Å². The molecule has 0 unspecified atom stereocenters. The highest BCUT2D eigenvalue weighted by Gasteiger charge is 2.13. The Morgan fingerprint density at radius 1 is 1.24 bits per heavy atom. The van der Waals surface area contributed by atoms with E-state index in [0.29, 0.717) is 5.69 Å². The third kappa shape index (κ3) is 3.14. The molecule has 0 aliphatic rings. The molecule has 0 spiro atoms. The third-order valence-corrected chi connectivity index (χ3v) is 2.81. The number of carbonyl (C=O) groups excluding carboxylic acids is 1. The van der Waals surface area contributed by atoms with Gasteiger partial charge >= 0.3 is 6.01 Å². The summed E-state index contributed by atoms with van der Waals surface area (Å²) in [5.74, 6) is 0.0584. The van der Waals surface area contributed by atoms with Crippen LogP contribution < -0.4 is 5.32 Å². The minimum atomic E-state index is -0.211. The number of hydrogen-bond acceptors (Lipinski definition) is 5. The first kappa shape index (κ1) is 13.0. The molecular weight excluding hydrogens is 270 g/mol. The van der Waals surface area contributed by atoms with Crippen LogP contribution in [-0.4, -0.2) is 25.9 Å². The van der Waals surface area contributed by atoms with Gasteiger partial charge in [0, 0.05) is 13.2 Å². The van der Waals surface area contributed by atoms with Crippen LogP contribution in [-0.2, 0) is 18.3 Å². The second kappa shape index (κ2) is 5.58. The summed E-state index contributed by atoms with van der Waals surface area (Å²) >= 11 is 0. The van der Waals surface area contributed by atoms with E-state index in [1.54, 1.807) is 24.0 Å². The van der Waals surface area contributed by atoms with E-state index in [2.05, 4.69) is 20.6 Å². The summed E-state index contributed by atoms with van der Waals surface area (Å²) in [5, 5.41) is 14.4. The van der Waals surface area contributed by atoms with E-state index >= 15 is 0 Å². The number of nitrogens with zero attached hydrogens (tertiary/aromatic N) is 4. The Kier molecular flexibility index (Phi) is 3.46. The molecule has 7 heteroatoms. The predicted octanol–water partition coefficient (Wildman–Crippen LogP) is 1.65. The van der Waals surface area contributed by atoms with Gasteiger partial charge in [-0.25, -0.2) is 0 Å². The summed E-state index contributed by atoms with van der Waals surface area (Å²) < 4.78 is 6.99. The first-order valence-electron chi connectivity index (χ1n) is 6.38. The minimum Gasteiger partial charge on any atom is -0.401 e. The van der Waals surface area contributed by atoms with Gasteiger partial charge in [0.25, 0.3) is 5.89 Å². The fraction of sp³-hybridized carbons (Fsp3) is 0.143. The largest absolute Gasteiger partial charge is 0.401 e. The standard InChI is InChI=1S/C14H13N5O2/c1-19-8-7-11(18-19)13-16-17-14(21-13)15-12(20)9-10-5-3-2-4-6-10/h2-8H,9H2,1H3,(H,15,17,20). The molecule has 0 saturated carbocycles. The monoisotopic (exact) mass is 283 g/mol. The molecule has 106 valence electrons. The molecule has 7 nitrogen and oxygen atoms in total. The first-order chi connectivity index (χ1) is 10.2. The molecule has 1 amide bonds. The Labute approximate surface area is 120 Å². The Morgan fingerprint density at radius 3 is 2.76 bits per heavy atom. The average molecular weight is 283 g/mol. The molecule has 0 atom stereocenters. The zero-order valence-corrected chi connectivity index (χ0v) is 11.4. The van der Waals surface area contributed by atoms with E-state index in [-0.39, 0.29) is 24.2 Å². The predicted molar refractivity (Wildman–Crippen MR) is 75.3 cm³/mol. The Balaban J connectivity index is 1.66. The highest BCUT2D eigenvalue weighted by molar-refractivity contribution is 5.90. The lowest BCUT2D eigenvalue weighted by Gasteiger charge is -2.00. The van der Waals surface area contributed by atoms with Gasteiger partial charge in [-0.1, -0.05) is 35.4 Å². The number of hydrogen-bond donors (Lipinski definition) is 1. The third-order valence-electron chi connectivity index (χ3n) is 2.81. The molecule has 0 aliphatic carbocycles. The zero-order valence-electron chi connectivity index (χ0n) is 11.4. The molecule has 0 saturated heterocycles. The van der Waals surface area contributed by atoms with E-state index in [1.165, 1.54) is 0 Å². The molecular formula is C14H13N5O2. The molecule has 0 radical (unpaired) electrons. The molecule has 0 bridgehead atoms. The van der Waals surface area contributed by atoms with Crippen molar-refractivity contribution in [3.05, 3.63) is 48.2 Å². The van der Waals surface area contributed by atoms with Gasteiger partial charge in [-0.05, 0) is 11.6 Å². The van der Waals surface area contributed by atoms with Crippen molar-refractivity contribution in [2.75, 3.05) is 5.32 Å². The summed E-state index contributed by atoms with van der Waals surface area (Å²) in [6.07, 6.45) is 2.02. The van der Waals surface area contributed by atoms with Gasteiger partial charge < -0.3 is 4.42 Å². The lowest BCUT2D eigenvalue weighted by Crippen LogP contribution is -2.14. The van der Waals surface area contributed by atoms with Gasteiger partial charge in [-0.15, -0.1) is 5.10 Å². The molecule has 3 rings (SSSR count). The van der Waals surface area contributed by atoms with Crippen molar-refractivity contribution in [3.8, 4) is 11.6 Å². The van der Waals surface area contributed by atoms with Crippen LogP contribution in [0.2, 0.25) is 0 Å². The van der Waals surface area contributed by atoms with Crippen LogP contribution >= 0.6 is 0 Å². The normalized spacial score (nSPS) is 10.5. The number of benzene rings is 1. The second-order valence-corrected chi connectivity index (χ2v) is 4.50. The lowest BCUT2D eigenvalue weighted by atomic mass is 10.1. The zero-order chi connectivity index (χ0) is 14.7. The highest BCUT2D eigenvalue weighted by Crippen LogP contribution is 2.17. The lowest BCUT2D eigenvalue weighted by molar-refractivity contribution is -0.115. The SMILES string of the molecule is Cn1ccc(-c2nnc(NC(=O)Cc3ccccc3)o2)n1. The van der Waals surface area contributed by atoms with Crippen LogP contribution in [0.25, 0.3) is 11.6 Å². The summed E-state index contributed by atoms with van der Waals surface area (Å²) in [6, 6.07) is 11.3. The number of carbonyl (C=O) groups is 1. The fourth-order valence-corrected chi connectivity index (χ4v) is 1.85. The maximum Gasteiger partial charge on any atom is 0.322 e. The quantitative estimate of drug-likeness (QED) is 0.786. The van der Waals surface area contributed by atoms with E-state index < -0.39 is 0 Å². The van der Waals surface area contributed by atoms with Crippen LogP contribution in [0.15, 0.2) is 47.0 Å². The molecule has 2 aromatic heterocycles. The minimum absolute atomic E-state index is 0.0663.